The van der Waals surface area contributed by atoms with Gasteiger partial charge >= 0.3 is 5.97 Å². The van der Waals surface area contributed by atoms with Crippen LogP contribution in [0.25, 0.3) is 0 Å². The second-order valence-electron chi connectivity index (χ2n) is 5.32. The van der Waals surface area contributed by atoms with Gasteiger partial charge in [0.25, 0.3) is 0 Å². The van der Waals surface area contributed by atoms with E-state index in [0.717, 1.165) is 37.2 Å². The molecule has 0 saturated carbocycles. The van der Waals surface area contributed by atoms with E-state index in [2.05, 4.69) is 31.3 Å². The molecule has 1 rings (SSSR count). The Hall–Kier alpha value is -1.55. The Morgan fingerprint density at radius 1 is 1.18 bits per heavy atom. The molecule has 0 aliphatic rings. The minimum Gasteiger partial charge on any atom is -0.482 e. The summed E-state index contributed by atoms with van der Waals surface area (Å²) in [5, 5.41) is 3.44. The van der Waals surface area contributed by atoms with Gasteiger partial charge in [0, 0.05) is 6.54 Å². The van der Waals surface area contributed by atoms with Crippen molar-refractivity contribution in [2.75, 3.05) is 19.8 Å². The van der Waals surface area contributed by atoms with Crippen molar-refractivity contribution in [2.45, 2.75) is 53.0 Å². The first-order valence-corrected chi connectivity index (χ1v) is 8.32. The molecule has 22 heavy (non-hydrogen) atoms. The summed E-state index contributed by atoms with van der Waals surface area (Å²) in [4.78, 5) is 11.4. The highest BCUT2D eigenvalue weighted by Crippen LogP contribution is 2.22. The third-order valence-electron chi connectivity index (χ3n) is 3.33. The average molecular weight is 307 g/mol. The van der Waals surface area contributed by atoms with Crippen molar-refractivity contribution in [3.8, 4) is 5.75 Å². The van der Waals surface area contributed by atoms with E-state index in [1.807, 2.05) is 6.07 Å². The third kappa shape index (κ3) is 6.94. The average Bonchev–Trinajstić information content (AvgIpc) is 2.51. The van der Waals surface area contributed by atoms with Crippen molar-refractivity contribution in [1.82, 2.24) is 5.32 Å². The summed E-state index contributed by atoms with van der Waals surface area (Å²) in [7, 11) is 0. The lowest BCUT2D eigenvalue weighted by Gasteiger charge is -2.13. The van der Waals surface area contributed by atoms with Crippen molar-refractivity contribution >= 4 is 5.97 Å². The van der Waals surface area contributed by atoms with Gasteiger partial charge in [-0.15, -0.1) is 0 Å². The normalized spacial score (nSPS) is 10.5. The standard InChI is InChI=1S/C18H29NO3/c1-4-7-11-19-13-15-9-10-17(16(12-15)8-5-2)22-14-18(20)21-6-3/h9-10,12,19H,4-8,11,13-14H2,1-3H3. The fourth-order valence-corrected chi connectivity index (χ4v) is 2.22. The topological polar surface area (TPSA) is 47.6 Å². The molecule has 0 bridgehead atoms. The largest absolute Gasteiger partial charge is 0.482 e. The minimum atomic E-state index is -0.324. The lowest BCUT2D eigenvalue weighted by Crippen LogP contribution is -2.16. The molecule has 0 aromatic heterocycles. The van der Waals surface area contributed by atoms with Gasteiger partial charge in [0.05, 0.1) is 6.61 Å². The molecule has 0 unspecified atom stereocenters. The SMILES string of the molecule is CCCCNCc1ccc(OCC(=O)OCC)c(CCC)c1. The van der Waals surface area contributed by atoms with Crippen LogP contribution in [-0.4, -0.2) is 25.7 Å². The molecule has 4 nitrogen and oxygen atoms in total. The van der Waals surface area contributed by atoms with E-state index < -0.39 is 0 Å². The van der Waals surface area contributed by atoms with Crippen LogP contribution in [-0.2, 0) is 22.5 Å². The van der Waals surface area contributed by atoms with Crippen LogP contribution in [0.2, 0.25) is 0 Å². The van der Waals surface area contributed by atoms with Gasteiger partial charge < -0.3 is 14.8 Å². The molecule has 0 fully saturated rings. The first kappa shape index (κ1) is 18.5. The van der Waals surface area contributed by atoms with E-state index >= 15 is 0 Å². The van der Waals surface area contributed by atoms with Crippen molar-refractivity contribution in [3.05, 3.63) is 29.3 Å². The van der Waals surface area contributed by atoms with Crippen LogP contribution in [0.15, 0.2) is 18.2 Å². The van der Waals surface area contributed by atoms with Gasteiger partial charge in [0.2, 0.25) is 0 Å². The van der Waals surface area contributed by atoms with Crippen LogP contribution in [0.1, 0.15) is 51.2 Å². The lowest BCUT2D eigenvalue weighted by atomic mass is 10.1. The summed E-state index contributed by atoms with van der Waals surface area (Å²) in [5.74, 6) is 0.461. The summed E-state index contributed by atoms with van der Waals surface area (Å²) in [6.07, 6.45) is 4.39. The summed E-state index contributed by atoms with van der Waals surface area (Å²) in [6, 6.07) is 6.18. The van der Waals surface area contributed by atoms with E-state index in [-0.39, 0.29) is 12.6 Å². The number of esters is 1. The summed E-state index contributed by atoms with van der Waals surface area (Å²) >= 11 is 0. The van der Waals surface area contributed by atoms with Gasteiger partial charge in [-0.2, -0.15) is 0 Å². The first-order valence-electron chi connectivity index (χ1n) is 8.32. The van der Waals surface area contributed by atoms with Gasteiger partial charge in [-0.3, -0.25) is 0 Å². The number of carbonyl (C=O) groups excluding carboxylic acids is 1. The van der Waals surface area contributed by atoms with Crippen LogP contribution in [0.4, 0.5) is 0 Å². The van der Waals surface area contributed by atoms with Crippen LogP contribution in [0.5, 0.6) is 5.75 Å². The molecule has 0 atom stereocenters. The number of aryl methyl sites for hydroxylation is 1. The molecule has 0 heterocycles. The Bertz CT molecular complexity index is 446. The lowest BCUT2D eigenvalue weighted by molar-refractivity contribution is -0.145. The number of hydrogen-bond acceptors (Lipinski definition) is 4. The highest BCUT2D eigenvalue weighted by molar-refractivity contribution is 5.71. The van der Waals surface area contributed by atoms with E-state index in [0.29, 0.717) is 6.61 Å². The predicted octanol–water partition coefficient (Wildman–Crippen LogP) is 3.47. The Morgan fingerprint density at radius 3 is 2.68 bits per heavy atom. The van der Waals surface area contributed by atoms with Gasteiger partial charge in [0.15, 0.2) is 6.61 Å². The second-order valence-corrected chi connectivity index (χ2v) is 5.32. The van der Waals surface area contributed by atoms with Gasteiger partial charge in [-0.1, -0.05) is 38.8 Å². The predicted molar refractivity (Wildman–Crippen MR) is 89.2 cm³/mol. The van der Waals surface area contributed by atoms with Crippen LogP contribution < -0.4 is 10.1 Å². The number of hydrogen-bond donors (Lipinski definition) is 1. The van der Waals surface area contributed by atoms with Gasteiger partial charge in [-0.05, 0) is 43.5 Å². The molecular weight excluding hydrogens is 278 g/mol. The monoisotopic (exact) mass is 307 g/mol. The maximum atomic E-state index is 11.4. The van der Waals surface area contributed by atoms with Crippen molar-refractivity contribution in [2.24, 2.45) is 0 Å². The Morgan fingerprint density at radius 2 is 2.00 bits per heavy atom. The molecule has 1 N–H and O–H groups in total. The number of ether oxygens (including phenoxy) is 2. The quantitative estimate of drug-likeness (QED) is 0.502. The van der Waals surface area contributed by atoms with Gasteiger partial charge in [0.1, 0.15) is 5.75 Å². The maximum absolute atomic E-state index is 11.4. The molecule has 0 aliphatic heterocycles. The second kappa shape index (κ2) is 11.1. The molecule has 0 radical (unpaired) electrons. The molecule has 1 aromatic rings. The van der Waals surface area contributed by atoms with E-state index in [9.17, 15) is 4.79 Å². The molecule has 1 aromatic carbocycles. The summed E-state index contributed by atoms with van der Waals surface area (Å²) in [5.41, 5.74) is 2.41. The number of benzene rings is 1. The van der Waals surface area contributed by atoms with Crippen molar-refractivity contribution < 1.29 is 14.3 Å². The van der Waals surface area contributed by atoms with Gasteiger partial charge in [-0.25, -0.2) is 4.79 Å². The molecule has 124 valence electrons. The van der Waals surface area contributed by atoms with E-state index in [1.54, 1.807) is 6.92 Å². The Labute approximate surface area is 134 Å². The zero-order chi connectivity index (χ0) is 16.2. The highest BCUT2D eigenvalue weighted by Gasteiger charge is 2.08. The summed E-state index contributed by atoms with van der Waals surface area (Å²) < 4.78 is 10.5. The molecule has 0 saturated heterocycles. The highest BCUT2D eigenvalue weighted by atomic mass is 16.6. The minimum absolute atomic E-state index is 0.0291. The molecule has 0 spiro atoms. The fraction of sp³-hybridized carbons (Fsp3) is 0.611. The number of nitrogens with one attached hydrogen (secondary N) is 1. The first-order chi connectivity index (χ1) is 10.7. The number of carbonyl (C=O) groups is 1. The zero-order valence-electron chi connectivity index (χ0n) is 14.1. The van der Waals surface area contributed by atoms with E-state index in [1.165, 1.54) is 18.4 Å². The molecular formula is C18H29NO3. The zero-order valence-corrected chi connectivity index (χ0v) is 14.1. The molecule has 4 heteroatoms. The van der Waals surface area contributed by atoms with Crippen LogP contribution >= 0.6 is 0 Å². The Kier molecular flexibility index (Phi) is 9.31. The van der Waals surface area contributed by atoms with Crippen LogP contribution in [0, 0.1) is 0 Å². The van der Waals surface area contributed by atoms with Crippen molar-refractivity contribution in [3.63, 3.8) is 0 Å². The molecule has 0 amide bonds. The fourth-order valence-electron chi connectivity index (χ4n) is 2.22. The smallest absolute Gasteiger partial charge is 0.344 e. The number of rotatable bonds is 11. The molecule has 0 aliphatic carbocycles. The van der Waals surface area contributed by atoms with Crippen molar-refractivity contribution in [1.29, 1.82) is 0 Å². The third-order valence-corrected chi connectivity index (χ3v) is 3.33. The number of unbranched alkanes of at least 4 members (excludes halogenated alkanes) is 1. The summed E-state index contributed by atoms with van der Waals surface area (Å²) in [6.45, 7) is 8.39. The Balaban J connectivity index is 2.62. The van der Waals surface area contributed by atoms with E-state index in [4.69, 9.17) is 9.47 Å². The maximum Gasteiger partial charge on any atom is 0.344 e. The van der Waals surface area contributed by atoms with Crippen LogP contribution in [0.3, 0.4) is 0 Å².